The van der Waals surface area contributed by atoms with Crippen LogP contribution in [0, 0.1) is 0 Å². The van der Waals surface area contributed by atoms with E-state index < -0.39 is 0 Å². The monoisotopic (exact) mass is 293 g/mol. The lowest BCUT2D eigenvalue weighted by Gasteiger charge is -2.13. The molecule has 2 N–H and O–H groups in total. The Balaban J connectivity index is 1.83. The molecule has 90 valence electrons. The summed E-state index contributed by atoms with van der Waals surface area (Å²) in [7, 11) is 0. The van der Waals surface area contributed by atoms with Gasteiger partial charge in [0.1, 0.15) is 5.82 Å². The predicted molar refractivity (Wildman–Crippen MR) is 72.7 cm³/mol. The van der Waals surface area contributed by atoms with Gasteiger partial charge in [-0.2, -0.15) is 0 Å². The number of nitrogens with zero attached hydrogens (tertiary/aromatic N) is 1. The molecule has 0 aliphatic rings. The van der Waals surface area contributed by atoms with Crippen LogP contribution in [-0.2, 0) is 13.0 Å². The van der Waals surface area contributed by atoms with Gasteiger partial charge in [0.05, 0.1) is 6.54 Å². The zero-order valence-electron chi connectivity index (χ0n) is 9.78. The van der Waals surface area contributed by atoms with Crippen LogP contribution in [0.4, 0.5) is 0 Å². The maximum absolute atomic E-state index is 4.18. The second-order valence-corrected chi connectivity index (χ2v) is 5.07. The van der Waals surface area contributed by atoms with Crippen LogP contribution in [0.1, 0.15) is 18.3 Å². The highest BCUT2D eigenvalue weighted by molar-refractivity contribution is 9.10. The molecule has 0 amide bonds. The van der Waals surface area contributed by atoms with E-state index in [1.54, 1.807) is 6.20 Å². The molecule has 0 spiro atoms. The van der Waals surface area contributed by atoms with Crippen LogP contribution in [0.5, 0.6) is 0 Å². The largest absolute Gasteiger partial charge is 0.348 e. The normalized spacial score (nSPS) is 12.6. The van der Waals surface area contributed by atoms with E-state index in [4.69, 9.17) is 0 Å². The number of hydrogen-bond acceptors (Lipinski definition) is 2. The van der Waals surface area contributed by atoms with Crippen LogP contribution >= 0.6 is 15.9 Å². The van der Waals surface area contributed by atoms with Crippen LogP contribution in [-0.4, -0.2) is 16.0 Å². The summed E-state index contributed by atoms with van der Waals surface area (Å²) in [4.78, 5) is 7.27. The topological polar surface area (TPSA) is 40.7 Å². The molecule has 1 aromatic heterocycles. The van der Waals surface area contributed by atoms with Crippen molar-refractivity contribution < 1.29 is 0 Å². The van der Waals surface area contributed by atoms with E-state index in [1.807, 2.05) is 12.3 Å². The van der Waals surface area contributed by atoms with Gasteiger partial charge in [-0.05, 0) is 31.0 Å². The number of H-pyrrole nitrogens is 1. The van der Waals surface area contributed by atoms with Gasteiger partial charge in [0.25, 0.3) is 0 Å². The standard InChI is InChI=1S/C13H16BrN3/c1-10(17-9-13-15-5-6-16-13)7-11-3-2-4-12(14)8-11/h2-6,8,10,17H,7,9H2,1H3,(H,15,16). The van der Waals surface area contributed by atoms with Gasteiger partial charge < -0.3 is 10.3 Å². The maximum Gasteiger partial charge on any atom is 0.120 e. The van der Waals surface area contributed by atoms with E-state index in [0.29, 0.717) is 6.04 Å². The number of aromatic nitrogens is 2. The van der Waals surface area contributed by atoms with Gasteiger partial charge in [-0.15, -0.1) is 0 Å². The van der Waals surface area contributed by atoms with Crippen LogP contribution in [0.2, 0.25) is 0 Å². The smallest absolute Gasteiger partial charge is 0.120 e. The number of nitrogens with one attached hydrogen (secondary N) is 2. The molecule has 0 fully saturated rings. The lowest BCUT2D eigenvalue weighted by molar-refractivity contribution is 0.535. The van der Waals surface area contributed by atoms with E-state index in [0.717, 1.165) is 23.3 Å². The SMILES string of the molecule is CC(Cc1cccc(Br)c1)NCc1ncc[nH]1. The van der Waals surface area contributed by atoms with Crippen molar-refractivity contribution in [1.82, 2.24) is 15.3 Å². The fourth-order valence-electron chi connectivity index (χ4n) is 1.76. The van der Waals surface area contributed by atoms with Crippen molar-refractivity contribution in [3.8, 4) is 0 Å². The molecule has 1 aromatic carbocycles. The molecule has 0 saturated heterocycles. The number of benzene rings is 1. The maximum atomic E-state index is 4.18. The van der Waals surface area contributed by atoms with Crippen molar-refractivity contribution in [3.05, 3.63) is 52.5 Å². The average Bonchev–Trinajstić information content (AvgIpc) is 2.79. The van der Waals surface area contributed by atoms with Gasteiger partial charge >= 0.3 is 0 Å². The Morgan fingerprint density at radius 1 is 1.47 bits per heavy atom. The number of hydrogen-bond donors (Lipinski definition) is 2. The predicted octanol–water partition coefficient (Wildman–Crippen LogP) is 2.89. The summed E-state index contributed by atoms with van der Waals surface area (Å²) in [6.07, 6.45) is 4.63. The third kappa shape index (κ3) is 3.98. The fraction of sp³-hybridized carbons (Fsp3) is 0.308. The third-order valence-electron chi connectivity index (χ3n) is 2.60. The molecule has 3 nitrogen and oxygen atoms in total. The van der Waals surface area contributed by atoms with Gasteiger partial charge in [0, 0.05) is 22.9 Å². The number of imidazole rings is 1. The lowest BCUT2D eigenvalue weighted by atomic mass is 10.1. The molecule has 1 atom stereocenters. The first kappa shape index (κ1) is 12.3. The Morgan fingerprint density at radius 2 is 2.35 bits per heavy atom. The molecule has 1 unspecified atom stereocenters. The summed E-state index contributed by atoms with van der Waals surface area (Å²) in [5.41, 5.74) is 1.33. The van der Waals surface area contributed by atoms with Crippen molar-refractivity contribution in [3.63, 3.8) is 0 Å². The van der Waals surface area contributed by atoms with E-state index >= 15 is 0 Å². The highest BCUT2D eigenvalue weighted by atomic mass is 79.9. The number of rotatable bonds is 5. The molecule has 17 heavy (non-hydrogen) atoms. The zero-order valence-corrected chi connectivity index (χ0v) is 11.4. The summed E-state index contributed by atoms with van der Waals surface area (Å²) in [5.74, 6) is 0.978. The molecular weight excluding hydrogens is 278 g/mol. The van der Waals surface area contributed by atoms with Gasteiger partial charge in [-0.1, -0.05) is 28.1 Å². The molecule has 0 saturated carbocycles. The molecule has 0 aliphatic carbocycles. The quantitative estimate of drug-likeness (QED) is 0.890. The summed E-state index contributed by atoms with van der Waals surface area (Å²) in [5, 5.41) is 3.44. The van der Waals surface area contributed by atoms with Gasteiger partial charge in [0.15, 0.2) is 0 Å². The van der Waals surface area contributed by atoms with Gasteiger partial charge in [-0.3, -0.25) is 0 Å². The lowest BCUT2D eigenvalue weighted by Crippen LogP contribution is -2.28. The Bertz CT molecular complexity index is 453. The third-order valence-corrected chi connectivity index (χ3v) is 3.10. The molecule has 4 heteroatoms. The van der Waals surface area contributed by atoms with Crippen molar-refractivity contribution in [1.29, 1.82) is 0 Å². The van der Waals surface area contributed by atoms with Crippen molar-refractivity contribution >= 4 is 15.9 Å². The summed E-state index contributed by atoms with van der Waals surface area (Å²) >= 11 is 3.49. The summed E-state index contributed by atoms with van der Waals surface area (Å²) in [6.45, 7) is 2.96. The zero-order chi connectivity index (χ0) is 12.1. The second kappa shape index (κ2) is 5.98. The Kier molecular flexibility index (Phi) is 4.34. The van der Waals surface area contributed by atoms with E-state index in [1.165, 1.54) is 5.56 Å². The van der Waals surface area contributed by atoms with Crippen LogP contribution in [0.15, 0.2) is 41.1 Å². The van der Waals surface area contributed by atoms with Crippen LogP contribution < -0.4 is 5.32 Å². The highest BCUT2D eigenvalue weighted by Gasteiger charge is 2.04. The van der Waals surface area contributed by atoms with E-state index in [-0.39, 0.29) is 0 Å². The Hall–Kier alpha value is -1.13. The first-order chi connectivity index (χ1) is 8.24. The molecular formula is C13H16BrN3. The fourth-order valence-corrected chi connectivity index (χ4v) is 2.20. The van der Waals surface area contributed by atoms with Gasteiger partial charge in [-0.25, -0.2) is 4.98 Å². The Labute approximate surface area is 110 Å². The van der Waals surface area contributed by atoms with Crippen molar-refractivity contribution in [2.24, 2.45) is 0 Å². The molecule has 0 radical (unpaired) electrons. The molecule has 0 aliphatic heterocycles. The summed E-state index contributed by atoms with van der Waals surface area (Å²) in [6, 6.07) is 8.85. The molecule has 0 bridgehead atoms. The molecule has 2 aromatic rings. The Morgan fingerprint density at radius 3 is 3.06 bits per heavy atom. The molecule has 2 rings (SSSR count). The average molecular weight is 294 g/mol. The van der Waals surface area contributed by atoms with Gasteiger partial charge in [0.2, 0.25) is 0 Å². The van der Waals surface area contributed by atoms with Crippen molar-refractivity contribution in [2.75, 3.05) is 0 Å². The first-order valence-electron chi connectivity index (χ1n) is 5.70. The molecule has 1 heterocycles. The van der Waals surface area contributed by atoms with E-state index in [9.17, 15) is 0 Å². The van der Waals surface area contributed by atoms with E-state index in [2.05, 4.69) is 56.3 Å². The highest BCUT2D eigenvalue weighted by Crippen LogP contribution is 2.13. The van der Waals surface area contributed by atoms with Crippen molar-refractivity contribution in [2.45, 2.75) is 25.9 Å². The number of aromatic amines is 1. The minimum atomic E-state index is 0.425. The summed E-state index contributed by atoms with van der Waals surface area (Å²) < 4.78 is 1.13. The van der Waals surface area contributed by atoms with Crippen LogP contribution in [0.25, 0.3) is 0 Å². The minimum Gasteiger partial charge on any atom is -0.348 e. The van der Waals surface area contributed by atoms with Crippen LogP contribution in [0.3, 0.4) is 0 Å². The minimum absolute atomic E-state index is 0.425. The first-order valence-corrected chi connectivity index (χ1v) is 6.49. The second-order valence-electron chi connectivity index (χ2n) is 4.15. The number of halogens is 1.